The third-order valence-corrected chi connectivity index (χ3v) is 2.02. The first-order valence-electron chi connectivity index (χ1n) is 5.12. The molecule has 6 heteroatoms. The van der Waals surface area contributed by atoms with Crippen LogP contribution in [0.3, 0.4) is 0 Å². The van der Waals surface area contributed by atoms with E-state index >= 15 is 0 Å². The van der Waals surface area contributed by atoms with E-state index in [4.69, 9.17) is 4.52 Å². The number of nitrogens with one attached hydrogen (secondary N) is 1. The maximum absolute atomic E-state index is 11.6. The molecule has 1 aromatic heterocycles. The van der Waals surface area contributed by atoms with Crippen LogP contribution in [0.15, 0.2) is 23.2 Å². The van der Waals surface area contributed by atoms with Crippen LogP contribution in [-0.4, -0.2) is 35.0 Å². The van der Waals surface area contributed by atoms with Gasteiger partial charge in [0.15, 0.2) is 5.82 Å². The maximum Gasteiger partial charge on any atom is 0.245 e. The summed E-state index contributed by atoms with van der Waals surface area (Å²) in [6.07, 6.45) is 1.56. The van der Waals surface area contributed by atoms with E-state index in [9.17, 15) is 9.59 Å². The van der Waals surface area contributed by atoms with Crippen LogP contribution in [0.25, 0.3) is 0 Å². The molecule has 0 aliphatic carbocycles. The van der Waals surface area contributed by atoms with E-state index in [-0.39, 0.29) is 18.4 Å². The average Bonchev–Trinajstić information content (AvgIpc) is 2.63. The van der Waals surface area contributed by atoms with Gasteiger partial charge in [0, 0.05) is 19.5 Å². The van der Waals surface area contributed by atoms with Gasteiger partial charge in [-0.15, -0.1) is 6.58 Å². The molecule has 0 aromatic carbocycles. The van der Waals surface area contributed by atoms with E-state index in [0.29, 0.717) is 18.1 Å². The van der Waals surface area contributed by atoms with Crippen LogP contribution >= 0.6 is 0 Å². The Bertz CT molecular complexity index is 425. The summed E-state index contributed by atoms with van der Waals surface area (Å²) in [5, 5.41) is 6.16. The number of nitrogens with zero attached hydrogens (tertiary/aromatic N) is 2. The summed E-state index contributed by atoms with van der Waals surface area (Å²) in [7, 11) is 0. The number of hydrogen-bond acceptors (Lipinski definition) is 4. The second-order valence-corrected chi connectivity index (χ2v) is 3.56. The number of amides is 2. The van der Waals surface area contributed by atoms with Crippen LogP contribution < -0.4 is 5.32 Å². The molecule has 1 aromatic rings. The highest BCUT2D eigenvalue weighted by molar-refractivity contribution is 5.93. The molecule has 6 nitrogen and oxygen atoms in total. The number of aryl methyl sites for hydroxylation is 1. The van der Waals surface area contributed by atoms with Crippen molar-refractivity contribution >= 4 is 17.6 Å². The van der Waals surface area contributed by atoms with E-state index < -0.39 is 0 Å². The number of hydrogen-bond donors (Lipinski definition) is 1. The third kappa shape index (κ3) is 4.10. The van der Waals surface area contributed by atoms with Crippen molar-refractivity contribution in [2.45, 2.75) is 13.8 Å². The lowest BCUT2D eigenvalue weighted by atomic mass is 10.4. The minimum absolute atomic E-state index is 0.0345. The Hall–Kier alpha value is -2.11. The molecule has 0 saturated heterocycles. The fourth-order valence-corrected chi connectivity index (χ4v) is 1.24. The second-order valence-electron chi connectivity index (χ2n) is 3.56. The fourth-order valence-electron chi connectivity index (χ4n) is 1.24. The van der Waals surface area contributed by atoms with Crippen LogP contribution in [0.1, 0.15) is 12.7 Å². The van der Waals surface area contributed by atoms with Gasteiger partial charge in [0.2, 0.25) is 11.8 Å². The van der Waals surface area contributed by atoms with Gasteiger partial charge in [0.05, 0.1) is 0 Å². The summed E-state index contributed by atoms with van der Waals surface area (Å²) < 4.78 is 4.80. The average molecular weight is 237 g/mol. The Kier molecular flexibility index (Phi) is 4.45. The summed E-state index contributed by atoms with van der Waals surface area (Å²) in [6.45, 7) is 6.95. The number of anilines is 1. The third-order valence-electron chi connectivity index (χ3n) is 2.02. The van der Waals surface area contributed by atoms with Crippen LogP contribution in [0.5, 0.6) is 0 Å². The fraction of sp³-hybridized carbons (Fsp3) is 0.364. The topological polar surface area (TPSA) is 75.4 Å². The van der Waals surface area contributed by atoms with Crippen molar-refractivity contribution in [2.75, 3.05) is 18.4 Å². The molecule has 92 valence electrons. The zero-order chi connectivity index (χ0) is 12.8. The van der Waals surface area contributed by atoms with Crippen LogP contribution in [0, 0.1) is 6.92 Å². The first kappa shape index (κ1) is 13.0. The summed E-state index contributed by atoms with van der Waals surface area (Å²) in [5.74, 6) is 0.441. The predicted molar refractivity (Wildman–Crippen MR) is 62.3 cm³/mol. The van der Waals surface area contributed by atoms with Gasteiger partial charge in [0.1, 0.15) is 12.3 Å². The number of carbonyl (C=O) groups is 2. The molecule has 1 heterocycles. The Morgan fingerprint density at radius 1 is 1.65 bits per heavy atom. The standard InChI is InChI=1S/C11H15N3O3/c1-4-5-14(9(3)15)7-11(16)12-10-6-8(2)17-13-10/h4,6H,1,5,7H2,2-3H3,(H,12,13,16). The van der Waals surface area contributed by atoms with Crippen molar-refractivity contribution < 1.29 is 14.1 Å². The minimum Gasteiger partial charge on any atom is -0.360 e. The lowest BCUT2D eigenvalue weighted by Gasteiger charge is -2.17. The van der Waals surface area contributed by atoms with Gasteiger partial charge in [-0.2, -0.15) is 0 Å². The van der Waals surface area contributed by atoms with E-state index in [0.717, 1.165) is 0 Å². The van der Waals surface area contributed by atoms with Crippen molar-refractivity contribution in [3.63, 3.8) is 0 Å². The van der Waals surface area contributed by atoms with Gasteiger partial charge in [-0.3, -0.25) is 9.59 Å². The lowest BCUT2D eigenvalue weighted by Crippen LogP contribution is -2.36. The SMILES string of the molecule is C=CCN(CC(=O)Nc1cc(C)on1)C(C)=O. The normalized spacial score (nSPS) is 9.76. The zero-order valence-corrected chi connectivity index (χ0v) is 9.90. The van der Waals surface area contributed by atoms with E-state index in [1.807, 2.05) is 0 Å². The minimum atomic E-state index is -0.324. The molecule has 0 fully saturated rings. The second kappa shape index (κ2) is 5.83. The van der Waals surface area contributed by atoms with E-state index in [2.05, 4.69) is 17.1 Å². The summed E-state index contributed by atoms with van der Waals surface area (Å²) >= 11 is 0. The smallest absolute Gasteiger partial charge is 0.245 e. The highest BCUT2D eigenvalue weighted by Crippen LogP contribution is 2.06. The molecular formula is C11H15N3O3. The molecule has 0 unspecified atom stereocenters. The van der Waals surface area contributed by atoms with Crippen molar-refractivity contribution in [2.24, 2.45) is 0 Å². The molecule has 0 saturated carbocycles. The highest BCUT2D eigenvalue weighted by atomic mass is 16.5. The number of rotatable bonds is 5. The lowest BCUT2D eigenvalue weighted by molar-refractivity contribution is -0.132. The predicted octanol–water partition coefficient (Wildman–Crippen LogP) is 0.956. The molecule has 0 aliphatic rings. The molecule has 0 aliphatic heterocycles. The summed E-state index contributed by atoms with van der Waals surface area (Å²) in [6, 6.07) is 1.60. The first-order valence-corrected chi connectivity index (χ1v) is 5.12. The largest absolute Gasteiger partial charge is 0.360 e. The molecule has 17 heavy (non-hydrogen) atoms. The molecule has 0 atom stereocenters. The Balaban J connectivity index is 2.53. The van der Waals surface area contributed by atoms with E-state index in [1.165, 1.54) is 11.8 Å². The zero-order valence-electron chi connectivity index (χ0n) is 9.90. The van der Waals surface area contributed by atoms with Crippen LogP contribution in [0.2, 0.25) is 0 Å². The van der Waals surface area contributed by atoms with Gasteiger partial charge in [0.25, 0.3) is 0 Å². The molecule has 0 radical (unpaired) electrons. The number of aromatic nitrogens is 1. The molecule has 2 amide bonds. The molecule has 1 N–H and O–H groups in total. The van der Waals surface area contributed by atoms with Gasteiger partial charge in [-0.25, -0.2) is 0 Å². The highest BCUT2D eigenvalue weighted by Gasteiger charge is 2.13. The summed E-state index contributed by atoms with van der Waals surface area (Å²) in [5.41, 5.74) is 0. The molecule has 0 spiro atoms. The number of carbonyl (C=O) groups excluding carboxylic acids is 2. The Morgan fingerprint density at radius 2 is 2.35 bits per heavy atom. The Morgan fingerprint density at radius 3 is 2.82 bits per heavy atom. The van der Waals surface area contributed by atoms with Gasteiger partial charge >= 0.3 is 0 Å². The quantitative estimate of drug-likeness (QED) is 0.774. The maximum atomic E-state index is 11.6. The van der Waals surface area contributed by atoms with Crippen LogP contribution in [0.4, 0.5) is 5.82 Å². The van der Waals surface area contributed by atoms with Gasteiger partial charge in [-0.1, -0.05) is 11.2 Å². The van der Waals surface area contributed by atoms with Crippen molar-refractivity contribution in [3.8, 4) is 0 Å². The van der Waals surface area contributed by atoms with Crippen molar-refractivity contribution in [3.05, 3.63) is 24.5 Å². The first-order chi connectivity index (χ1) is 8.02. The monoisotopic (exact) mass is 237 g/mol. The van der Waals surface area contributed by atoms with Crippen LogP contribution in [-0.2, 0) is 9.59 Å². The summed E-state index contributed by atoms with van der Waals surface area (Å²) in [4.78, 5) is 24.2. The molecular weight excluding hydrogens is 222 g/mol. The van der Waals surface area contributed by atoms with Crippen molar-refractivity contribution in [1.29, 1.82) is 0 Å². The van der Waals surface area contributed by atoms with Gasteiger partial charge < -0.3 is 14.7 Å². The van der Waals surface area contributed by atoms with E-state index in [1.54, 1.807) is 19.1 Å². The van der Waals surface area contributed by atoms with Crippen molar-refractivity contribution in [1.82, 2.24) is 10.1 Å². The molecule has 0 bridgehead atoms. The molecule has 1 rings (SSSR count). The Labute approximate surface area is 99.3 Å². The van der Waals surface area contributed by atoms with Gasteiger partial charge in [-0.05, 0) is 6.92 Å².